The molecular weight excluding hydrogens is 424 g/mol. The van der Waals surface area contributed by atoms with Crippen LogP contribution >= 0.6 is 0 Å². The molecule has 2 saturated carbocycles. The van der Waals surface area contributed by atoms with Gasteiger partial charge in [0.25, 0.3) is 0 Å². The molecule has 0 amide bonds. The van der Waals surface area contributed by atoms with Gasteiger partial charge < -0.3 is 9.67 Å². The van der Waals surface area contributed by atoms with Crippen molar-refractivity contribution in [1.29, 1.82) is 0 Å². The van der Waals surface area contributed by atoms with E-state index < -0.39 is 17.6 Å². The fourth-order valence-electron chi connectivity index (χ4n) is 6.56. The van der Waals surface area contributed by atoms with Crippen molar-refractivity contribution < 1.29 is 18.7 Å². The van der Waals surface area contributed by atoms with E-state index in [0.717, 1.165) is 40.3 Å². The van der Waals surface area contributed by atoms with Crippen LogP contribution in [-0.4, -0.2) is 25.8 Å². The van der Waals surface area contributed by atoms with Crippen LogP contribution in [0, 0.1) is 29.4 Å². The summed E-state index contributed by atoms with van der Waals surface area (Å²) in [5.41, 5.74) is 4.75. The monoisotopic (exact) mass is 449 g/mol. The summed E-state index contributed by atoms with van der Waals surface area (Å²) in [6, 6.07) is 8.21. The third-order valence-corrected chi connectivity index (χ3v) is 7.86. The molecular formula is C26H25F2N3O2. The van der Waals surface area contributed by atoms with Crippen LogP contribution in [0.2, 0.25) is 0 Å². The smallest absolute Gasteiger partial charge is 0.306 e. The van der Waals surface area contributed by atoms with Gasteiger partial charge in [0, 0.05) is 28.2 Å². The summed E-state index contributed by atoms with van der Waals surface area (Å²) in [5.74, 6) is -1.80. The summed E-state index contributed by atoms with van der Waals surface area (Å²) in [7, 11) is 0. The number of aromatic amines is 1. The minimum atomic E-state index is -0.876. The molecule has 2 heterocycles. The number of carbonyl (C=O) groups is 1. The Morgan fingerprint density at radius 2 is 1.94 bits per heavy atom. The minimum absolute atomic E-state index is 0.131. The Kier molecular flexibility index (Phi) is 4.41. The standard InChI is InChI=1S/C26H25F2N3O2/c1-12(2)25-24(17-6-14-5-13(17)7-18(14)26(32)33)19-10-22-15(11-29-30-22)8-23(19)31(25)16-3-4-20(27)21(28)9-16/h3-4,8-14,17-18H,5-7H2,1-2H3,(H,29,30)(H,32,33). The van der Waals surface area contributed by atoms with Crippen LogP contribution in [0.3, 0.4) is 0 Å². The van der Waals surface area contributed by atoms with E-state index in [1.807, 2.05) is 0 Å². The lowest BCUT2D eigenvalue weighted by molar-refractivity contribution is -0.143. The molecule has 2 aromatic heterocycles. The van der Waals surface area contributed by atoms with Gasteiger partial charge in [0.2, 0.25) is 0 Å². The molecule has 4 unspecified atom stereocenters. The highest BCUT2D eigenvalue weighted by Gasteiger charge is 2.50. The maximum absolute atomic E-state index is 14.3. The lowest BCUT2D eigenvalue weighted by atomic mass is 9.77. The van der Waals surface area contributed by atoms with E-state index in [2.05, 4.69) is 40.7 Å². The Morgan fingerprint density at radius 1 is 1.12 bits per heavy atom. The fraction of sp³-hybridized carbons (Fsp3) is 0.385. The number of rotatable bonds is 4. The molecule has 0 radical (unpaired) electrons. The van der Waals surface area contributed by atoms with E-state index in [0.29, 0.717) is 18.0 Å². The van der Waals surface area contributed by atoms with Gasteiger partial charge in [-0.05, 0) is 72.8 Å². The van der Waals surface area contributed by atoms with Crippen LogP contribution in [0.15, 0.2) is 36.5 Å². The zero-order valence-corrected chi connectivity index (χ0v) is 18.5. The van der Waals surface area contributed by atoms with Crippen LogP contribution in [0.25, 0.3) is 27.5 Å². The lowest BCUT2D eigenvalue weighted by Gasteiger charge is -2.28. The third-order valence-electron chi connectivity index (χ3n) is 7.86. The molecule has 0 spiro atoms. The zero-order chi connectivity index (χ0) is 23.0. The van der Waals surface area contributed by atoms with Crippen molar-refractivity contribution in [3.05, 3.63) is 59.4 Å². The summed E-state index contributed by atoms with van der Waals surface area (Å²) in [5, 5.41) is 18.9. The number of nitrogens with zero attached hydrogens (tertiary/aromatic N) is 2. The molecule has 33 heavy (non-hydrogen) atoms. The van der Waals surface area contributed by atoms with Gasteiger partial charge in [0.1, 0.15) is 0 Å². The van der Waals surface area contributed by atoms with Crippen LogP contribution < -0.4 is 0 Å². The third kappa shape index (κ3) is 2.94. The van der Waals surface area contributed by atoms with Gasteiger partial charge in [-0.15, -0.1) is 0 Å². The molecule has 2 aliphatic rings. The first-order valence-electron chi connectivity index (χ1n) is 11.5. The summed E-state index contributed by atoms with van der Waals surface area (Å²) < 4.78 is 30.1. The second-order valence-electron chi connectivity index (χ2n) is 9.99. The molecule has 4 aromatic rings. The Hall–Kier alpha value is -3.22. The first kappa shape index (κ1) is 20.4. The highest BCUT2D eigenvalue weighted by Crippen LogP contribution is 2.58. The predicted molar refractivity (Wildman–Crippen MR) is 122 cm³/mol. The van der Waals surface area contributed by atoms with E-state index in [1.165, 1.54) is 17.7 Å². The topological polar surface area (TPSA) is 70.9 Å². The van der Waals surface area contributed by atoms with Crippen molar-refractivity contribution in [2.75, 3.05) is 0 Å². The lowest BCUT2D eigenvalue weighted by Crippen LogP contribution is -2.24. The van der Waals surface area contributed by atoms with Crippen molar-refractivity contribution in [3.63, 3.8) is 0 Å². The fourth-order valence-corrected chi connectivity index (χ4v) is 6.56. The normalized spacial score (nSPS) is 24.5. The van der Waals surface area contributed by atoms with Crippen molar-refractivity contribution in [2.24, 2.45) is 17.8 Å². The Morgan fingerprint density at radius 3 is 2.61 bits per heavy atom. The first-order chi connectivity index (χ1) is 15.8. The van der Waals surface area contributed by atoms with Gasteiger partial charge in [0.15, 0.2) is 11.6 Å². The number of aliphatic carboxylic acids is 1. The molecule has 2 bridgehead atoms. The average Bonchev–Trinajstić information content (AvgIpc) is 3.54. The molecule has 0 aliphatic heterocycles. The predicted octanol–water partition coefficient (Wildman–Crippen LogP) is 6.12. The van der Waals surface area contributed by atoms with Crippen LogP contribution in [0.5, 0.6) is 0 Å². The molecule has 4 atom stereocenters. The van der Waals surface area contributed by atoms with E-state index >= 15 is 0 Å². The second kappa shape index (κ2) is 7.14. The van der Waals surface area contributed by atoms with Crippen molar-refractivity contribution >= 4 is 27.8 Å². The van der Waals surface area contributed by atoms with Gasteiger partial charge >= 0.3 is 5.97 Å². The van der Waals surface area contributed by atoms with Gasteiger partial charge in [-0.25, -0.2) is 8.78 Å². The summed E-state index contributed by atoms with van der Waals surface area (Å²) in [6.07, 6.45) is 4.25. The number of hydrogen-bond acceptors (Lipinski definition) is 2. The first-order valence-corrected chi connectivity index (χ1v) is 11.5. The Balaban J connectivity index is 1.63. The van der Waals surface area contributed by atoms with Gasteiger partial charge in [-0.1, -0.05) is 13.8 Å². The number of fused-ring (bicyclic) bond motifs is 4. The summed E-state index contributed by atoms with van der Waals surface area (Å²) in [6.45, 7) is 4.24. The number of halogens is 2. The molecule has 7 heteroatoms. The number of benzene rings is 2. The molecule has 2 fully saturated rings. The van der Waals surface area contributed by atoms with Gasteiger partial charge in [-0.2, -0.15) is 5.10 Å². The summed E-state index contributed by atoms with van der Waals surface area (Å²) >= 11 is 0. The quantitative estimate of drug-likeness (QED) is 0.394. The van der Waals surface area contributed by atoms with Crippen LogP contribution in [0.4, 0.5) is 8.78 Å². The van der Waals surface area contributed by atoms with E-state index in [9.17, 15) is 18.7 Å². The zero-order valence-electron chi connectivity index (χ0n) is 18.5. The Labute approximate surface area is 189 Å². The Bertz CT molecular complexity index is 1420. The number of carboxylic acids is 1. The molecule has 2 N–H and O–H groups in total. The van der Waals surface area contributed by atoms with Gasteiger partial charge in [0.05, 0.1) is 23.1 Å². The largest absolute Gasteiger partial charge is 0.481 e. The molecule has 5 nitrogen and oxygen atoms in total. The molecule has 170 valence electrons. The number of H-pyrrole nitrogens is 1. The number of aromatic nitrogens is 3. The maximum atomic E-state index is 14.3. The van der Waals surface area contributed by atoms with Crippen molar-refractivity contribution in [1.82, 2.24) is 14.8 Å². The second-order valence-corrected chi connectivity index (χ2v) is 9.99. The van der Waals surface area contributed by atoms with Crippen LogP contribution in [-0.2, 0) is 4.79 Å². The highest BCUT2D eigenvalue weighted by molar-refractivity contribution is 5.99. The van der Waals surface area contributed by atoms with Crippen molar-refractivity contribution in [2.45, 2.75) is 44.9 Å². The number of carboxylic acid groups (broad SMARTS) is 1. The maximum Gasteiger partial charge on any atom is 0.306 e. The molecule has 6 rings (SSSR count). The van der Waals surface area contributed by atoms with Crippen molar-refractivity contribution in [3.8, 4) is 5.69 Å². The van der Waals surface area contributed by atoms with E-state index in [-0.39, 0.29) is 23.7 Å². The van der Waals surface area contributed by atoms with Gasteiger partial charge in [-0.3, -0.25) is 9.89 Å². The number of hydrogen-bond donors (Lipinski definition) is 2. The molecule has 2 aromatic carbocycles. The highest BCUT2D eigenvalue weighted by atomic mass is 19.2. The molecule has 2 aliphatic carbocycles. The SMILES string of the molecule is CC(C)c1c(C2CC3CC2CC3C(=O)O)c2cc3[nH]ncc3cc2n1-c1ccc(F)c(F)c1. The van der Waals surface area contributed by atoms with E-state index in [4.69, 9.17) is 0 Å². The molecule has 0 saturated heterocycles. The minimum Gasteiger partial charge on any atom is -0.481 e. The number of nitrogens with one attached hydrogen (secondary N) is 1. The summed E-state index contributed by atoms with van der Waals surface area (Å²) in [4.78, 5) is 11.7. The van der Waals surface area contributed by atoms with E-state index in [1.54, 1.807) is 12.3 Å². The van der Waals surface area contributed by atoms with Crippen LogP contribution in [0.1, 0.15) is 56.2 Å². The average molecular weight is 450 g/mol.